The van der Waals surface area contributed by atoms with Crippen LogP contribution < -0.4 is 0 Å². The maximum atomic E-state index is 10.9. The van der Waals surface area contributed by atoms with Gasteiger partial charge in [-0.1, -0.05) is 0 Å². The van der Waals surface area contributed by atoms with E-state index < -0.39 is 10.9 Å². The molecular weight excluding hydrogens is 272 g/mol. The zero-order valence-corrected chi connectivity index (χ0v) is 10.5. The standard InChI is InChI=1S/C11H8N2O5S/c1-6-5-18-11(12-6)19-9-4-7(10(14)15)2-3-8(9)13(16)17/h2-5H,1H3,(H,14,15). The second-order valence-electron chi connectivity index (χ2n) is 3.60. The predicted molar refractivity (Wildman–Crippen MR) is 65.4 cm³/mol. The van der Waals surface area contributed by atoms with Crippen LogP contribution >= 0.6 is 11.8 Å². The van der Waals surface area contributed by atoms with Gasteiger partial charge in [0.1, 0.15) is 6.26 Å². The van der Waals surface area contributed by atoms with Crippen LogP contribution in [0.2, 0.25) is 0 Å². The maximum absolute atomic E-state index is 10.9. The van der Waals surface area contributed by atoms with Crippen molar-refractivity contribution in [3.63, 3.8) is 0 Å². The summed E-state index contributed by atoms with van der Waals surface area (Å²) < 4.78 is 5.09. The minimum atomic E-state index is -1.15. The number of aromatic carboxylic acids is 1. The molecule has 0 bridgehead atoms. The molecule has 0 aliphatic carbocycles. The van der Waals surface area contributed by atoms with E-state index in [1.807, 2.05) is 0 Å². The summed E-state index contributed by atoms with van der Waals surface area (Å²) in [5, 5.41) is 20.0. The zero-order chi connectivity index (χ0) is 14.0. The van der Waals surface area contributed by atoms with E-state index in [0.29, 0.717) is 5.69 Å². The van der Waals surface area contributed by atoms with Gasteiger partial charge in [0.15, 0.2) is 0 Å². The lowest BCUT2D eigenvalue weighted by molar-refractivity contribution is -0.387. The highest BCUT2D eigenvalue weighted by atomic mass is 32.2. The van der Waals surface area contributed by atoms with E-state index in [4.69, 9.17) is 9.52 Å². The number of nitro groups is 1. The van der Waals surface area contributed by atoms with Crippen LogP contribution in [0.4, 0.5) is 5.69 Å². The molecule has 0 radical (unpaired) electrons. The van der Waals surface area contributed by atoms with Crippen molar-refractivity contribution >= 4 is 23.4 Å². The molecule has 2 rings (SSSR count). The maximum Gasteiger partial charge on any atom is 0.335 e. The number of aryl methyl sites for hydroxylation is 1. The van der Waals surface area contributed by atoms with E-state index in [9.17, 15) is 14.9 Å². The van der Waals surface area contributed by atoms with Crippen molar-refractivity contribution in [2.45, 2.75) is 17.0 Å². The minimum absolute atomic E-state index is 0.0311. The summed E-state index contributed by atoms with van der Waals surface area (Å²) in [5.74, 6) is -1.15. The van der Waals surface area contributed by atoms with Crippen LogP contribution in [0.5, 0.6) is 0 Å². The molecule has 8 heteroatoms. The molecule has 7 nitrogen and oxygen atoms in total. The van der Waals surface area contributed by atoms with Gasteiger partial charge >= 0.3 is 5.97 Å². The summed E-state index contributed by atoms with van der Waals surface area (Å²) in [7, 11) is 0. The fourth-order valence-corrected chi connectivity index (χ4v) is 2.26. The molecule has 0 saturated heterocycles. The lowest BCUT2D eigenvalue weighted by Gasteiger charge is -2.01. The van der Waals surface area contributed by atoms with Crippen LogP contribution in [0.1, 0.15) is 16.1 Å². The van der Waals surface area contributed by atoms with Gasteiger partial charge in [-0.05, 0) is 30.8 Å². The number of carboxylic acids is 1. The molecule has 1 aromatic heterocycles. The van der Waals surface area contributed by atoms with E-state index in [2.05, 4.69) is 4.98 Å². The molecule has 0 fully saturated rings. The number of carbonyl (C=O) groups is 1. The molecule has 0 amide bonds. The molecule has 1 heterocycles. The lowest BCUT2D eigenvalue weighted by Crippen LogP contribution is -1.98. The highest BCUT2D eigenvalue weighted by Crippen LogP contribution is 2.34. The van der Waals surface area contributed by atoms with Gasteiger partial charge in [-0.2, -0.15) is 0 Å². The number of nitro benzene ring substituents is 1. The summed E-state index contributed by atoms with van der Waals surface area (Å²) in [6.45, 7) is 1.72. The van der Waals surface area contributed by atoms with Crippen LogP contribution in [0.25, 0.3) is 0 Å². The Balaban J connectivity index is 2.42. The Morgan fingerprint density at radius 2 is 2.26 bits per heavy atom. The fraction of sp³-hybridized carbons (Fsp3) is 0.0909. The van der Waals surface area contributed by atoms with Crippen LogP contribution in [0, 0.1) is 17.0 Å². The average molecular weight is 280 g/mol. The first-order valence-electron chi connectivity index (χ1n) is 5.09. The Hall–Kier alpha value is -2.35. The first-order chi connectivity index (χ1) is 8.97. The third-order valence-corrected chi connectivity index (χ3v) is 3.11. The molecule has 1 aromatic carbocycles. The Morgan fingerprint density at radius 3 is 2.79 bits per heavy atom. The monoisotopic (exact) mass is 280 g/mol. The number of aromatic nitrogens is 1. The highest BCUT2D eigenvalue weighted by Gasteiger charge is 2.19. The second-order valence-corrected chi connectivity index (χ2v) is 4.59. The zero-order valence-electron chi connectivity index (χ0n) is 9.69. The van der Waals surface area contributed by atoms with Crippen molar-refractivity contribution in [1.29, 1.82) is 0 Å². The first-order valence-corrected chi connectivity index (χ1v) is 5.90. The van der Waals surface area contributed by atoms with Crippen LogP contribution in [-0.4, -0.2) is 21.0 Å². The van der Waals surface area contributed by atoms with Gasteiger partial charge in [-0.15, -0.1) is 0 Å². The van der Waals surface area contributed by atoms with Crippen molar-refractivity contribution in [2.75, 3.05) is 0 Å². The SMILES string of the molecule is Cc1coc(Sc2cc(C(=O)O)ccc2[N+](=O)[O-])n1. The Morgan fingerprint density at radius 1 is 1.53 bits per heavy atom. The van der Waals surface area contributed by atoms with Gasteiger partial charge < -0.3 is 9.52 Å². The lowest BCUT2D eigenvalue weighted by atomic mass is 10.2. The highest BCUT2D eigenvalue weighted by molar-refractivity contribution is 7.99. The second kappa shape index (κ2) is 5.11. The third-order valence-electron chi connectivity index (χ3n) is 2.20. The molecule has 0 spiro atoms. The fourth-order valence-electron chi connectivity index (χ4n) is 1.35. The van der Waals surface area contributed by atoms with Gasteiger partial charge in [0.05, 0.1) is 21.1 Å². The van der Waals surface area contributed by atoms with Crippen LogP contribution in [-0.2, 0) is 0 Å². The van der Waals surface area contributed by atoms with E-state index in [0.717, 1.165) is 17.8 Å². The van der Waals surface area contributed by atoms with Crippen LogP contribution in [0.3, 0.4) is 0 Å². The molecule has 1 N–H and O–H groups in total. The average Bonchev–Trinajstić information content (AvgIpc) is 2.74. The van der Waals surface area contributed by atoms with Gasteiger partial charge in [-0.3, -0.25) is 10.1 Å². The summed E-state index contributed by atoms with van der Waals surface area (Å²) in [4.78, 5) is 25.4. The number of rotatable bonds is 4. The number of hydrogen-bond donors (Lipinski definition) is 1. The molecule has 0 unspecified atom stereocenters. The van der Waals surface area contributed by atoms with E-state index >= 15 is 0 Å². The normalized spacial score (nSPS) is 10.4. The van der Waals surface area contributed by atoms with Crippen molar-refractivity contribution < 1.29 is 19.2 Å². The van der Waals surface area contributed by atoms with Crippen molar-refractivity contribution in [1.82, 2.24) is 4.98 Å². The van der Waals surface area contributed by atoms with Gasteiger partial charge in [0, 0.05) is 6.07 Å². The number of nitrogens with zero attached hydrogens (tertiary/aromatic N) is 2. The predicted octanol–water partition coefficient (Wildman–Crippen LogP) is 2.74. The van der Waals surface area contributed by atoms with Crippen molar-refractivity contribution in [3.8, 4) is 0 Å². The quantitative estimate of drug-likeness (QED) is 0.677. The van der Waals surface area contributed by atoms with Gasteiger partial charge in [0.25, 0.3) is 10.9 Å². The molecular formula is C11H8N2O5S. The molecule has 0 saturated carbocycles. The smallest absolute Gasteiger partial charge is 0.335 e. The first kappa shape index (κ1) is 13.1. The van der Waals surface area contributed by atoms with Crippen molar-refractivity contribution in [3.05, 3.63) is 45.8 Å². The summed E-state index contributed by atoms with van der Waals surface area (Å²) in [6, 6.07) is 3.57. The van der Waals surface area contributed by atoms with Crippen molar-refractivity contribution in [2.24, 2.45) is 0 Å². The third kappa shape index (κ3) is 2.91. The Kier molecular flexibility index (Phi) is 3.52. The molecule has 98 valence electrons. The summed E-state index contributed by atoms with van der Waals surface area (Å²) in [5.41, 5.74) is 0.418. The van der Waals surface area contributed by atoms with E-state index in [-0.39, 0.29) is 21.4 Å². The Labute approximate surface area is 111 Å². The van der Waals surface area contributed by atoms with E-state index in [1.54, 1.807) is 6.92 Å². The number of carboxylic acid groups (broad SMARTS) is 1. The Bertz CT molecular complexity index is 652. The number of oxazole rings is 1. The number of benzene rings is 1. The molecule has 0 atom stereocenters. The minimum Gasteiger partial charge on any atom is -0.478 e. The topological polar surface area (TPSA) is 106 Å². The molecule has 2 aromatic rings. The van der Waals surface area contributed by atoms with Gasteiger partial charge in [0.2, 0.25) is 0 Å². The largest absolute Gasteiger partial charge is 0.478 e. The molecule has 0 aliphatic heterocycles. The summed E-state index contributed by atoms with van der Waals surface area (Å²) in [6.07, 6.45) is 1.41. The molecule has 0 aliphatic rings. The van der Waals surface area contributed by atoms with Gasteiger partial charge in [-0.25, -0.2) is 9.78 Å². The van der Waals surface area contributed by atoms with E-state index in [1.165, 1.54) is 18.4 Å². The van der Waals surface area contributed by atoms with Crippen LogP contribution in [0.15, 0.2) is 39.0 Å². The molecule has 19 heavy (non-hydrogen) atoms. The number of hydrogen-bond acceptors (Lipinski definition) is 6. The summed E-state index contributed by atoms with van der Waals surface area (Å²) >= 11 is 0.912.